The van der Waals surface area contributed by atoms with Crippen LogP contribution in [0, 0.1) is 5.92 Å². The molecule has 0 amide bonds. The number of carbonyl (C=O) groups is 1. The molecule has 0 aromatic heterocycles. The predicted molar refractivity (Wildman–Crippen MR) is 66.1 cm³/mol. The van der Waals surface area contributed by atoms with Crippen molar-refractivity contribution in [2.24, 2.45) is 5.92 Å². The highest BCUT2D eigenvalue weighted by molar-refractivity contribution is 7.99. The minimum atomic E-state index is 0.746. The molecule has 0 unspecified atom stereocenters. The van der Waals surface area contributed by atoms with Gasteiger partial charge in [-0.25, -0.2) is 0 Å². The van der Waals surface area contributed by atoms with Gasteiger partial charge in [-0.1, -0.05) is 12.1 Å². The molecule has 2 nitrogen and oxygen atoms in total. The Hall–Kier alpha value is -0.800. The van der Waals surface area contributed by atoms with Gasteiger partial charge in [0.25, 0.3) is 0 Å². The van der Waals surface area contributed by atoms with Crippen LogP contribution in [-0.2, 0) is 4.74 Å². The standard InChI is InChI=1S/C13H16O2S/c14-9-11-1-3-13(4-2-11)16-10-12-5-7-15-8-6-12/h1-4,9,12H,5-8,10H2. The smallest absolute Gasteiger partial charge is 0.150 e. The molecule has 0 radical (unpaired) electrons. The maximum Gasteiger partial charge on any atom is 0.150 e. The summed E-state index contributed by atoms with van der Waals surface area (Å²) in [5, 5.41) is 0. The third-order valence-corrected chi connectivity index (χ3v) is 4.09. The van der Waals surface area contributed by atoms with Gasteiger partial charge < -0.3 is 4.74 Å². The van der Waals surface area contributed by atoms with Crippen molar-refractivity contribution in [1.29, 1.82) is 0 Å². The summed E-state index contributed by atoms with van der Waals surface area (Å²) < 4.78 is 5.33. The maximum atomic E-state index is 10.5. The minimum absolute atomic E-state index is 0.746. The first-order valence-electron chi connectivity index (χ1n) is 5.64. The number of aldehydes is 1. The van der Waals surface area contributed by atoms with Gasteiger partial charge in [0.15, 0.2) is 0 Å². The molecule has 1 aromatic carbocycles. The molecule has 16 heavy (non-hydrogen) atoms. The van der Waals surface area contributed by atoms with Crippen LogP contribution in [0.3, 0.4) is 0 Å². The zero-order chi connectivity index (χ0) is 11.2. The van der Waals surface area contributed by atoms with E-state index in [1.54, 1.807) is 0 Å². The van der Waals surface area contributed by atoms with E-state index < -0.39 is 0 Å². The number of rotatable bonds is 4. The van der Waals surface area contributed by atoms with E-state index >= 15 is 0 Å². The van der Waals surface area contributed by atoms with Crippen LogP contribution < -0.4 is 0 Å². The van der Waals surface area contributed by atoms with E-state index in [1.807, 2.05) is 36.0 Å². The van der Waals surface area contributed by atoms with E-state index in [0.29, 0.717) is 0 Å². The summed E-state index contributed by atoms with van der Waals surface area (Å²) in [6.45, 7) is 1.82. The van der Waals surface area contributed by atoms with Gasteiger partial charge in [0.1, 0.15) is 6.29 Å². The largest absolute Gasteiger partial charge is 0.381 e. The number of ether oxygens (including phenoxy) is 1. The lowest BCUT2D eigenvalue weighted by Gasteiger charge is -2.21. The molecule has 0 atom stereocenters. The van der Waals surface area contributed by atoms with E-state index in [-0.39, 0.29) is 0 Å². The Kier molecular flexibility index (Phi) is 4.43. The second-order valence-corrected chi connectivity index (χ2v) is 5.15. The van der Waals surface area contributed by atoms with Gasteiger partial charge in [0, 0.05) is 29.4 Å². The molecule has 0 saturated carbocycles. The van der Waals surface area contributed by atoms with Crippen LogP contribution in [0.2, 0.25) is 0 Å². The predicted octanol–water partition coefficient (Wildman–Crippen LogP) is 3.02. The highest BCUT2D eigenvalue weighted by Crippen LogP contribution is 2.25. The summed E-state index contributed by atoms with van der Waals surface area (Å²) in [5.41, 5.74) is 0.746. The molecule has 0 spiro atoms. The molecule has 1 heterocycles. The van der Waals surface area contributed by atoms with Gasteiger partial charge in [-0.2, -0.15) is 0 Å². The highest BCUT2D eigenvalue weighted by Gasteiger charge is 2.13. The topological polar surface area (TPSA) is 26.3 Å². The molecule has 0 aliphatic carbocycles. The second-order valence-electron chi connectivity index (χ2n) is 4.05. The first-order chi connectivity index (χ1) is 7.88. The molecule has 1 aliphatic rings. The van der Waals surface area contributed by atoms with Crippen LogP contribution >= 0.6 is 11.8 Å². The van der Waals surface area contributed by atoms with E-state index in [1.165, 1.54) is 17.7 Å². The SMILES string of the molecule is O=Cc1ccc(SCC2CCOCC2)cc1. The lowest BCUT2D eigenvalue weighted by atomic mass is 10.0. The van der Waals surface area contributed by atoms with Crippen LogP contribution in [0.1, 0.15) is 23.2 Å². The van der Waals surface area contributed by atoms with Crippen LogP contribution in [0.5, 0.6) is 0 Å². The molecule has 1 fully saturated rings. The number of hydrogen-bond acceptors (Lipinski definition) is 3. The van der Waals surface area contributed by atoms with Crippen molar-refractivity contribution >= 4 is 18.0 Å². The minimum Gasteiger partial charge on any atom is -0.381 e. The van der Waals surface area contributed by atoms with E-state index in [9.17, 15) is 4.79 Å². The molecule has 1 aliphatic heterocycles. The van der Waals surface area contributed by atoms with Gasteiger partial charge in [-0.05, 0) is 30.9 Å². The zero-order valence-corrected chi connectivity index (χ0v) is 10.0. The first kappa shape index (κ1) is 11.7. The summed E-state index contributed by atoms with van der Waals surface area (Å²) in [6.07, 6.45) is 3.24. The van der Waals surface area contributed by atoms with Gasteiger partial charge in [0.05, 0.1) is 0 Å². The van der Waals surface area contributed by atoms with Crippen LogP contribution in [-0.4, -0.2) is 25.3 Å². The lowest BCUT2D eigenvalue weighted by molar-refractivity contribution is 0.0728. The van der Waals surface area contributed by atoms with E-state index in [4.69, 9.17) is 4.74 Å². The highest BCUT2D eigenvalue weighted by atomic mass is 32.2. The Morgan fingerprint density at radius 2 is 1.94 bits per heavy atom. The lowest BCUT2D eigenvalue weighted by Crippen LogP contribution is -2.17. The van der Waals surface area contributed by atoms with Gasteiger partial charge in [-0.3, -0.25) is 4.79 Å². The van der Waals surface area contributed by atoms with Gasteiger partial charge in [-0.15, -0.1) is 11.8 Å². The maximum absolute atomic E-state index is 10.5. The molecular formula is C13H16O2S. The van der Waals surface area contributed by atoms with Crippen molar-refractivity contribution in [3.63, 3.8) is 0 Å². The quantitative estimate of drug-likeness (QED) is 0.594. The van der Waals surface area contributed by atoms with E-state index in [2.05, 4.69) is 0 Å². The molecule has 3 heteroatoms. The Morgan fingerprint density at radius 1 is 1.25 bits per heavy atom. The number of carbonyl (C=O) groups excluding carboxylic acids is 1. The summed E-state index contributed by atoms with van der Waals surface area (Å²) >= 11 is 1.87. The average molecular weight is 236 g/mol. The van der Waals surface area contributed by atoms with Crippen molar-refractivity contribution in [2.75, 3.05) is 19.0 Å². The fourth-order valence-corrected chi connectivity index (χ4v) is 2.86. The number of benzene rings is 1. The number of thioether (sulfide) groups is 1. The van der Waals surface area contributed by atoms with Gasteiger partial charge >= 0.3 is 0 Å². The molecule has 2 rings (SSSR count). The van der Waals surface area contributed by atoms with Crippen LogP contribution in [0.15, 0.2) is 29.2 Å². The molecule has 1 aromatic rings. The van der Waals surface area contributed by atoms with E-state index in [0.717, 1.165) is 36.7 Å². The second kappa shape index (κ2) is 6.06. The molecular weight excluding hydrogens is 220 g/mol. The summed E-state index contributed by atoms with van der Waals surface area (Å²) in [7, 11) is 0. The Bertz CT molecular complexity index is 328. The van der Waals surface area contributed by atoms with Gasteiger partial charge in [0.2, 0.25) is 0 Å². The van der Waals surface area contributed by atoms with Crippen molar-refractivity contribution in [2.45, 2.75) is 17.7 Å². The third kappa shape index (κ3) is 3.35. The summed E-state index contributed by atoms with van der Waals surface area (Å²) in [6, 6.07) is 7.79. The van der Waals surface area contributed by atoms with Crippen molar-refractivity contribution in [1.82, 2.24) is 0 Å². The number of hydrogen-bond donors (Lipinski definition) is 0. The summed E-state index contributed by atoms with van der Waals surface area (Å²) in [5.74, 6) is 1.94. The molecule has 0 N–H and O–H groups in total. The third-order valence-electron chi connectivity index (χ3n) is 2.84. The monoisotopic (exact) mass is 236 g/mol. The Morgan fingerprint density at radius 3 is 2.56 bits per heavy atom. The van der Waals surface area contributed by atoms with Crippen molar-refractivity contribution in [3.8, 4) is 0 Å². The molecule has 1 saturated heterocycles. The molecule has 86 valence electrons. The normalized spacial score (nSPS) is 17.2. The van der Waals surface area contributed by atoms with Crippen LogP contribution in [0.4, 0.5) is 0 Å². The fourth-order valence-electron chi connectivity index (χ4n) is 1.77. The summed E-state index contributed by atoms with van der Waals surface area (Å²) in [4.78, 5) is 11.7. The fraction of sp³-hybridized carbons (Fsp3) is 0.462. The van der Waals surface area contributed by atoms with Crippen molar-refractivity contribution in [3.05, 3.63) is 29.8 Å². The molecule has 0 bridgehead atoms. The average Bonchev–Trinajstić information content (AvgIpc) is 2.38. The first-order valence-corrected chi connectivity index (χ1v) is 6.63. The Labute approximate surface area is 100 Å². The van der Waals surface area contributed by atoms with Crippen LogP contribution in [0.25, 0.3) is 0 Å². The Balaban J connectivity index is 1.81. The zero-order valence-electron chi connectivity index (χ0n) is 9.22. The van der Waals surface area contributed by atoms with Crippen molar-refractivity contribution < 1.29 is 9.53 Å².